The van der Waals surface area contributed by atoms with Crippen LogP contribution < -0.4 is 4.90 Å². The number of hydrogen-bond donors (Lipinski definition) is 0. The summed E-state index contributed by atoms with van der Waals surface area (Å²) in [5, 5.41) is 0. The summed E-state index contributed by atoms with van der Waals surface area (Å²) in [6.07, 6.45) is 4.21. The molecule has 0 aromatic heterocycles. The van der Waals surface area contributed by atoms with E-state index >= 15 is 0 Å². The second kappa shape index (κ2) is 7.65. The van der Waals surface area contributed by atoms with E-state index in [4.69, 9.17) is 9.73 Å². The number of para-hydroxylation sites is 1. The van der Waals surface area contributed by atoms with Gasteiger partial charge in [0.05, 0.1) is 13.2 Å². The average Bonchev–Trinajstić information content (AvgIpc) is 2.91. The van der Waals surface area contributed by atoms with Crippen LogP contribution >= 0.6 is 0 Å². The van der Waals surface area contributed by atoms with Crippen LogP contribution in [0.15, 0.2) is 40.5 Å². The highest BCUT2D eigenvalue weighted by molar-refractivity contribution is 6.12. The molecule has 0 N–H and O–H groups in total. The maximum Gasteiger partial charge on any atom is 0.409 e. The Labute approximate surface area is 172 Å². The van der Waals surface area contributed by atoms with Crippen molar-refractivity contribution in [2.24, 2.45) is 4.99 Å². The van der Waals surface area contributed by atoms with Gasteiger partial charge in [0.1, 0.15) is 5.41 Å². The van der Waals surface area contributed by atoms with E-state index in [-0.39, 0.29) is 12.0 Å². The largest absolute Gasteiger partial charge is 0.450 e. The van der Waals surface area contributed by atoms with Gasteiger partial charge in [-0.1, -0.05) is 23.8 Å². The summed E-state index contributed by atoms with van der Waals surface area (Å²) in [6.45, 7) is 7.52. The number of ether oxygens (including phenoxy) is 1. The topological polar surface area (TPSA) is 62.2 Å². The van der Waals surface area contributed by atoms with Crippen molar-refractivity contribution in [3.63, 3.8) is 0 Å². The summed E-state index contributed by atoms with van der Waals surface area (Å²) in [5.74, 6) is 0.0585. The van der Waals surface area contributed by atoms with Crippen molar-refractivity contribution < 1.29 is 14.3 Å². The minimum Gasteiger partial charge on any atom is -0.450 e. The van der Waals surface area contributed by atoms with Gasteiger partial charge in [-0.15, -0.1) is 0 Å². The van der Waals surface area contributed by atoms with E-state index < -0.39 is 5.41 Å². The van der Waals surface area contributed by atoms with Crippen molar-refractivity contribution in [3.8, 4) is 0 Å². The fourth-order valence-corrected chi connectivity index (χ4v) is 4.69. The molecule has 0 unspecified atom stereocenters. The Morgan fingerprint density at radius 1 is 1.21 bits per heavy atom. The van der Waals surface area contributed by atoms with Gasteiger partial charge in [0.2, 0.25) is 5.91 Å². The molecule has 0 bridgehead atoms. The van der Waals surface area contributed by atoms with Crippen LogP contribution in [-0.2, 0) is 14.9 Å². The Balaban J connectivity index is 1.57. The molecule has 1 saturated heterocycles. The van der Waals surface area contributed by atoms with Gasteiger partial charge in [0, 0.05) is 30.2 Å². The van der Waals surface area contributed by atoms with E-state index in [0.29, 0.717) is 26.2 Å². The van der Waals surface area contributed by atoms with E-state index in [1.807, 2.05) is 36.1 Å². The van der Waals surface area contributed by atoms with Crippen LogP contribution in [0.4, 0.5) is 10.5 Å². The summed E-state index contributed by atoms with van der Waals surface area (Å²) >= 11 is 0. The van der Waals surface area contributed by atoms with Crippen LogP contribution in [0.25, 0.3) is 0 Å². The normalized spacial score (nSPS) is 20.8. The Hall–Kier alpha value is -2.63. The number of likely N-dealkylation sites (tertiary alicyclic amines) is 1. The number of allylic oxidation sites excluding steroid dienone is 2. The first-order valence-corrected chi connectivity index (χ1v) is 10.5. The number of rotatable bonds is 4. The predicted molar refractivity (Wildman–Crippen MR) is 113 cm³/mol. The van der Waals surface area contributed by atoms with Gasteiger partial charge in [-0.2, -0.15) is 0 Å². The Morgan fingerprint density at radius 3 is 2.66 bits per heavy atom. The maximum absolute atomic E-state index is 13.5. The van der Waals surface area contributed by atoms with Gasteiger partial charge in [0.25, 0.3) is 0 Å². The molecular formula is C23H29N3O3. The third-order valence-electron chi connectivity index (χ3n) is 6.23. The summed E-state index contributed by atoms with van der Waals surface area (Å²) < 4.78 is 5.10. The SMILES string of the molecule is CCOC(=O)N1CC2(C1)C(=O)N(C/C(C)=N/C1=C(C)CCCC1)c1ccccc12. The Bertz CT molecular complexity index is 896. The standard InChI is InChI=1S/C23H29N3O3/c1-4-29-22(28)25-14-23(15-25)18-10-6-8-12-20(18)26(21(23)27)13-17(3)24-19-11-7-5-9-16(19)2/h6,8,10,12H,4-5,7,9,11,13-15H2,1-3H3/b24-17+. The summed E-state index contributed by atoms with van der Waals surface area (Å²) in [4.78, 5) is 33.8. The van der Waals surface area contributed by atoms with Gasteiger partial charge in [-0.3, -0.25) is 9.79 Å². The highest BCUT2D eigenvalue weighted by Crippen LogP contribution is 2.47. The molecule has 1 aliphatic carbocycles. The molecule has 2 amide bonds. The third-order valence-corrected chi connectivity index (χ3v) is 6.23. The van der Waals surface area contributed by atoms with E-state index in [1.54, 1.807) is 11.8 Å². The first-order valence-electron chi connectivity index (χ1n) is 10.5. The molecule has 0 atom stereocenters. The van der Waals surface area contributed by atoms with E-state index in [2.05, 4.69) is 6.92 Å². The van der Waals surface area contributed by atoms with E-state index in [1.165, 1.54) is 24.1 Å². The second-order valence-electron chi connectivity index (χ2n) is 8.33. The molecule has 1 fully saturated rings. The molecule has 4 rings (SSSR count). The molecule has 6 heteroatoms. The van der Waals surface area contributed by atoms with Gasteiger partial charge in [0.15, 0.2) is 0 Å². The molecule has 1 aromatic carbocycles. The van der Waals surface area contributed by atoms with Gasteiger partial charge in [-0.25, -0.2) is 4.79 Å². The van der Waals surface area contributed by atoms with Crippen molar-refractivity contribution in [2.75, 3.05) is 31.1 Å². The number of carbonyl (C=O) groups is 2. The third kappa shape index (κ3) is 3.34. The predicted octanol–water partition coefficient (Wildman–Crippen LogP) is 4.05. The van der Waals surface area contributed by atoms with Crippen molar-refractivity contribution in [1.82, 2.24) is 4.90 Å². The lowest BCUT2D eigenvalue weighted by Crippen LogP contribution is -2.65. The second-order valence-corrected chi connectivity index (χ2v) is 8.33. The molecular weight excluding hydrogens is 366 g/mol. The molecule has 29 heavy (non-hydrogen) atoms. The first kappa shape index (κ1) is 19.7. The molecule has 6 nitrogen and oxygen atoms in total. The summed E-state index contributed by atoms with van der Waals surface area (Å²) in [5.41, 5.74) is 4.79. The number of benzene rings is 1. The van der Waals surface area contributed by atoms with Gasteiger partial charge >= 0.3 is 6.09 Å². The van der Waals surface area contributed by atoms with Gasteiger partial charge in [-0.05, 0) is 58.1 Å². The van der Waals surface area contributed by atoms with E-state index in [9.17, 15) is 9.59 Å². The molecule has 0 saturated carbocycles. The zero-order valence-corrected chi connectivity index (χ0v) is 17.5. The van der Waals surface area contributed by atoms with Crippen LogP contribution in [0.2, 0.25) is 0 Å². The zero-order valence-electron chi connectivity index (χ0n) is 17.5. The molecule has 3 aliphatic rings. The number of nitrogens with zero attached hydrogens (tertiary/aromatic N) is 3. The van der Waals surface area contributed by atoms with Crippen molar-refractivity contribution >= 4 is 23.4 Å². The van der Waals surface area contributed by atoms with Crippen molar-refractivity contribution in [3.05, 3.63) is 41.1 Å². The zero-order chi connectivity index (χ0) is 20.6. The molecule has 2 heterocycles. The highest BCUT2D eigenvalue weighted by Gasteiger charge is 2.59. The fraction of sp³-hybridized carbons (Fsp3) is 0.522. The minimum atomic E-state index is -0.649. The number of carbonyl (C=O) groups excluding carboxylic acids is 2. The lowest BCUT2D eigenvalue weighted by Gasteiger charge is -2.45. The average molecular weight is 396 g/mol. The first-order chi connectivity index (χ1) is 14.0. The summed E-state index contributed by atoms with van der Waals surface area (Å²) in [7, 11) is 0. The van der Waals surface area contributed by atoms with E-state index in [0.717, 1.165) is 29.8 Å². The Morgan fingerprint density at radius 2 is 1.93 bits per heavy atom. The molecule has 1 aromatic rings. The van der Waals surface area contributed by atoms with Crippen LogP contribution in [0.3, 0.4) is 0 Å². The van der Waals surface area contributed by atoms with Crippen LogP contribution in [0, 0.1) is 0 Å². The molecule has 2 aliphatic heterocycles. The molecule has 1 spiro atoms. The quantitative estimate of drug-likeness (QED) is 0.723. The van der Waals surface area contributed by atoms with Crippen molar-refractivity contribution in [2.45, 2.75) is 51.9 Å². The lowest BCUT2D eigenvalue weighted by atomic mass is 9.75. The number of aliphatic imine (C=N–C) groups is 1. The Kier molecular flexibility index (Phi) is 5.19. The fourth-order valence-electron chi connectivity index (χ4n) is 4.69. The number of fused-ring (bicyclic) bond motifs is 2. The van der Waals surface area contributed by atoms with Crippen molar-refractivity contribution in [1.29, 1.82) is 0 Å². The monoisotopic (exact) mass is 395 g/mol. The number of anilines is 1. The molecule has 154 valence electrons. The van der Waals surface area contributed by atoms with Crippen LogP contribution in [0.1, 0.15) is 52.0 Å². The number of hydrogen-bond acceptors (Lipinski definition) is 4. The van der Waals surface area contributed by atoms with Gasteiger partial charge < -0.3 is 14.5 Å². The lowest BCUT2D eigenvalue weighted by molar-refractivity contribution is -0.128. The summed E-state index contributed by atoms with van der Waals surface area (Å²) in [6, 6.07) is 7.92. The highest BCUT2D eigenvalue weighted by atomic mass is 16.6. The van der Waals surface area contributed by atoms with Crippen LogP contribution in [0.5, 0.6) is 0 Å². The number of amides is 2. The minimum absolute atomic E-state index is 0.0585. The smallest absolute Gasteiger partial charge is 0.409 e. The van der Waals surface area contributed by atoms with Crippen LogP contribution in [-0.4, -0.2) is 48.9 Å². The molecule has 0 radical (unpaired) electrons. The maximum atomic E-state index is 13.5.